The largest absolute Gasteiger partial charge is 0.398 e. The molecule has 0 radical (unpaired) electrons. The Hall–Kier alpha value is -3.06. The van der Waals surface area contributed by atoms with Gasteiger partial charge in [0.15, 0.2) is 0 Å². The van der Waals surface area contributed by atoms with Crippen LogP contribution < -0.4 is 5.73 Å². The van der Waals surface area contributed by atoms with E-state index in [9.17, 15) is 0 Å². The van der Waals surface area contributed by atoms with E-state index in [1.54, 1.807) is 0 Å². The standard InChI is InChI=1S/C22H17N/c23-21-15-20(16-9-3-1-4-10-16)22(17-11-5-2-6-12-17)19-14-8-7-13-18(19)21/h1-15H,23H2. The minimum absolute atomic E-state index is 0.819. The third-order valence-electron chi connectivity index (χ3n) is 4.22. The predicted octanol–water partition coefficient (Wildman–Crippen LogP) is 5.76. The highest BCUT2D eigenvalue weighted by molar-refractivity contribution is 6.09. The van der Waals surface area contributed by atoms with Gasteiger partial charge >= 0.3 is 0 Å². The minimum Gasteiger partial charge on any atom is -0.398 e. The van der Waals surface area contributed by atoms with Crippen molar-refractivity contribution in [3.05, 3.63) is 91.0 Å². The van der Waals surface area contributed by atoms with E-state index in [1.807, 2.05) is 18.2 Å². The first-order valence-electron chi connectivity index (χ1n) is 7.76. The molecule has 0 spiro atoms. The molecule has 23 heavy (non-hydrogen) atoms. The normalized spacial score (nSPS) is 10.8. The zero-order valence-corrected chi connectivity index (χ0v) is 12.7. The summed E-state index contributed by atoms with van der Waals surface area (Å²) in [6, 6.07) is 31.4. The first-order chi connectivity index (χ1) is 11.3. The van der Waals surface area contributed by atoms with E-state index < -0.39 is 0 Å². The predicted molar refractivity (Wildman–Crippen MR) is 99.2 cm³/mol. The van der Waals surface area contributed by atoms with Gasteiger partial charge in [0.2, 0.25) is 0 Å². The van der Waals surface area contributed by atoms with Gasteiger partial charge in [-0.3, -0.25) is 0 Å². The maximum absolute atomic E-state index is 6.34. The molecule has 0 aliphatic carbocycles. The molecule has 2 N–H and O–H groups in total. The van der Waals surface area contributed by atoms with Crippen LogP contribution in [0, 0.1) is 0 Å². The van der Waals surface area contributed by atoms with Gasteiger partial charge in [-0.15, -0.1) is 0 Å². The Bertz CT molecular complexity index is 957. The Morgan fingerprint density at radius 1 is 0.522 bits per heavy atom. The number of nitrogens with two attached hydrogens (primary N) is 1. The highest BCUT2D eigenvalue weighted by atomic mass is 14.6. The van der Waals surface area contributed by atoms with Crippen LogP contribution >= 0.6 is 0 Å². The summed E-state index contributed by atoms with van der Waals surface area (Å²) in [5, 5.41) is 2.29. The fourth-order valence-corrected chi connectivity index (χ4v) is 3.16. The number of rotatable bonds is 2. The SMILES string of the molecule is Nc1cc(-c2ccccc2)c(-c2ccccc2)c2ccccc12. The molecule has 0 aliphatic heterocycles. The van der Waals surface area contributed by atoms with Crippen LogP contribution in [0.15, 0.2) is 91.0 Å². The van der Waals surface area contributed by atoms with Gasteiger partial charge in [0.05, 0.1) is 0 Å². The third-order valence-corrected chi connectivity index (χ3v) is 4.22. The average molecular weight is 295 g/mol. The van der Waals surface area contributed by atoms with Gasteiger partial charge in [0, 0.05) is 11.1 Å². The Morgan fingerprint density at radius 2 is 1.04 bits per heavy atom. The summed E-state index contributed by atoms with van der Waals surface area (Å²) in [4.78, 5) is 0. The molecule has 110 valence electrons. The van der Waals surface area contributed by atoms with Crippen molar-refractivity contribution in [2.45, 2.75) is 0 Å². The summed E-state index contributed by atoms with van der Waals surface area (Å²) >= 11 is 0. The van der Waals surface area contributed by atoms with Crippen molar-refractivity contribution in [1.29, 1.82) is 0 Å². The number of fused-ring (bicyclic) bond motifs is 1. The molecule has 1 nitrogen and oxygen atoms in total. The molecule has 0 saturated heterocycles. The molecule has 0 fully saturated rings. The van der Waals surface area contributed by atoms with Crippen molar-refractivity contribution in [2.75, 3.05) is 5.73 Å². The number of nitrogen functional groups attached to an aromatic ring is 1. The maximum Gasteiger partial charge on any atom is 0.0400 e. The van der Waals surface area contributed by atoms with Crippen LogP contribution in [0.1, 0.15) is 0 Å². The van der Waals surface area contributed by atoms with E-state index >= 15 is 0 Å². The summed E-state index contributed by atoms with van der Waals surface area (Å²) in [5.74, 6) is 0. The Morgan fingerprint density at radius 3 is 1.70 bits per heavy atom. The van der Waals surface area contributed by atoms with Gasteiger partial charge < -0.3 is 5.73 Å². The van der Waals surface area contributed by atoms with Crippen molar-refractivity contribution in [2.24, 2.45) is 0 Å². The van der Waals surface area contributed by atoms with Crippen molar-refractivity contribution < 1.29 is 0 Å². The minimum atomic E-state index is 0.819. The molecular weight excluding hydrogens is 278 g/mol. The van der Waals surface area contributed by atoms with Crippen LogP contribution in [-0.2, 0) is 0 Å². The average Bonchev–Trinajstić information content (AvgIpc) is 2.63. The van der Waals surface area contributed by atoms with Crippen LogP contribution in [0.5, 0.6) is 0 Å². The molecule has 0 unspecified atom stereocenters. The van der Waals surface area contributed by atoms with Crippen molar-refractivity contribution in [3.63, 3.8) is 0 Å². The lowest BCUT2D eigenvalue weighted by Crippen LogP contribution is -1.93. The highest BCUT2D eigenvalue weighted by Gasteiger charge is 2.13. The molecule has 0 atom stereocenters. The molecule has 4 aromatic rings. The fourth-order valence-electron chi connectivity index (χ4n) is 3.16. The van der Waals surface area contributed by atoms with Gasteiger partial charge in [0.1, 0.15) is 0 Å². The number of anilines is 1. The van der Waals surface area contributed by atoms with Gasteiger partial charge in [-0.2, -0.15) is 0 Å². The lowest BCUT2D eigenvalue weighted by Gasteiger charge is -2.16. The smallest absolute Gasteiger partial charge is 0.0400 e. The molecule has 4 aromatic carbocycles. The highest BCUT2D eigenvalue weighted by Crippen LogP contribution is 2.40. The maximum atomic E-state index is 6.34. The molecule has 0 amide bonds. The zero-order valence-electron chi connectivity index (χ0n) is 12.7. The molecule has 0 heterocycles. The summed E-state index contributed by atoms with van der Waals surface area (Å²) in [6.45, 7) is 0. The van der Waals surface area contributed by atoms with E-state index in [1.165, 1.54) is 27.6 Å². The molecule has 1 heteroatoms. The van der Waals surface area contributed by atoms with Gasteiger partial charge in [-0.25, -0.2) is 0 Å². The summed E-state index contributed by atoms with van der Waals surface area (Å²) in [6.07, 6.45) is 0. The molecular formula is C22H17N. The van der Waals surface area contributed by atoms with Gasteiger partial charge in [-0.1, -0.05) is 84.9 Å². The molecule has 0 saturated carbocycles. The van der Waals surface area contributed by atoms with E-state index in [0.717, 1.165) is 11.1 Å². The van der Waals surface area contributed by atoms with Gasteiger partial charge in [0.25, 0.3) is 0 Å². The molecule has 0 aromatic heterocycles. The Labute approximate surface area is 136 Å². The number of benzene rings is 4. The Kier molecular flexibility index (Phi) is 3.32. The first kappa shape index (κ1) is 13.6. The summed E-state index contributed by atoms with van der Waals surface area (Å²) < 4.78 is 0. The fraction of sp³-hybridized carbons (Fsp3) is 0. The number of hydrogen-bond acceptors (Lipinski definition) is 1. The van der Waals surface area contributed by atoms with Crippen LogP contribution in [0.25, 0.3) is 33.0 Å². The third kappa shape index (κ3) is 2.36. The molecule has 0 bridgehead atoms. The van der Waals surface area contributed by atoms with Crippen molar-refractivity contribution in [1.82, 2.24) is 0 Å². The second-order valence-corrected chi connectivity index (χ2v) is 5.67. The van der Waals surface area contributed by atoms with Crippen molar-refractivity contribution in [3.8, 4) is 22.3 Å². The monoisotopic (exact) mass is 295 g/mol. The summed E-state index contributed by atoms with van der Waals surface area (Å²) in [5.41, 5.74) is 12.0. The van der Waals surface area contributed by atoms with Crippen LogP contribution in [-0.4, -0.2) is 0 Å². The van der Waals surface area contributed by atoms with Gasteiger partial charge in [-0.05, 0) is 33.7 Å². The second kappa shape index (κ2) is 5.62. The topological polar surface area (TPSA) is 26.0 Å². The van der Waals surface area contributed by atoms with E-state index in [4.69, 9.17) is 5.73 Å². The molecule has 0 aliphatic rings. The second-order valence-electron chi connectivity index (χ2n) is 5.67. The Balaban J connectivity index is 2.14. The van der Waals surface area contributed by atoms with E-state index in [-0.39, 0.29) is 0 Å². The van der Waals surface area contributed by atoms with Crippen LogP contribution in [0.2, 0.25) is 0 Å². The number of hydrogen-bond donors (Lipinski definition) is 1. The van der Waals surface area contributed by atoms with Crippen molar-refractivity contribution >= 4 is 16.5 Å². The van der Waals surface area contributed by atoms with E-state index in [0.29, 0.717) is 0 Å². The van der Waals surface area contributed by atoms with Crippen LogP contribution in [0.4, 0.5) is 5.69 Å². The molecule has 4 rings (SSSR count). The summed E-state index contributed by atoms with van der Waals surface area (Å²) in [7, 11) is 0. The quantitative estimate of drug-likeness (QED) is 0.468. The first-order valence-corrected chi connectivity index (χ1v) is 7.76. The van der Waals surface area contributed by atoms with E-state index in [2.05, 4.69) is 72.8 Å². The lowest BCUT2D eigenvalue weighted by atomic mass is 9.89. The van der Waals surface area contributed by atoms with Crippen LogP contribution in [0.3, 0.4) is 0 Å². The zero-order chi connectivity index (χ0) is 15.6. The lowest BCUT2D eigenvalue weighted by molar-refractivity contribution is 1.60.